The van der Waals surface area contributed by atoms with E-state index in [2.05, 4.69) is 11.4 Å². The van der Waals surface area contributed by atoms with Crippen molar-refractivity contribution in [1.29, 1.82) is 0 Å². The Morgan fingerprint density at radius 1 is 1.00 bits per heavy atom. The first-order valence-electron chi connectivity index (χ1n) is 10.4. The average molecular weight is 434 g/mol. The highest BCUT2D eigenvalue weighted by Crippen LogP contribution is 2.37. The number of halogens is 2. The maximum absolute atomic E-state index is 6.53. The lowest BCUT2D eigenvalue weighted by molar-refractivity contribution is 0.269. The summed E-state index contributed by atoms with van der Waals surface area (Å²) in [6, 6.07) is 11.5. The van der Waals surface area contributed by atoms with Gasteiger partial charge in [0.05, 0.1) is 11.6 Å². The van der Waals surface area contributed by atoms with E-state index in [1.165, 1.54) is 25.7 Å². The fraction of sp³-hybridized carbons (Fsp3) is 0.417. The summed E-state index contributed by atoms with van der Waals surface area (Å²) in [7, 11) is 0. The van der Waals surface area contributed by atoms with Gasteiger partial charge in [-0.1, -0.05) is 47.0 Å². The quantitative estimate of drug-likeness (QED) is 0.324. The van der Waals surface area contributed by atoms with Gasteiger partial charge in [0, 0.05) is 11.6 Å². The molecule has 0 fully saturated rings. The number of nitrogens with one attached hydrogen (secondary N) is 1. The third-order valence-electron chi connectivity index (χ3n) is 5.00. The summed E-state index contributed by atoms with van der Waals surface area (Å²) in [5.41, 5.74) is 3.70. The molecule has 3 rings (SSSR count). The minimum absolute atomic E-state index is 0.406. The zero-order valence-electron chi connectivity index (χ0n) is 17.0. The Hall–Kier alpha value is -1.68. The van der Waals surface area contributed by atoms with E-state index in [4.69, 9.17) is 32.7 Å². The second-order valence-corrected chi connectivity index (χ2v) is 8.13. The van der Waals surface area contributed by atoms with Crippen LogP contribution >= 0.6 is 23.2 Å². The van der Waals surface area contributed by atoms with Crippen molar-refractivity contribution in [3.05, 3.63) is 69.2 Å². The van der Waals surface area contributed by atoms with Crippen molar-refractivity contribution >= 4 is 23.2 Å². The van der Waals surface area contributed by atoms with Crippen LogP contribution in [0.25, 0.3) is 0 Å². The van der Waals surface area contributed by atoms with Crippen LogP contribution in [0.4, 0.5) is 0 Å². The lowest BCUT2D eigenvalue weighted by Crippen LogP contribution is -2.16. The standard InChI is InChI=1S/C24H29Cl2NO2/c1-2-28-23-15-20(16-27-13-12-18-6-4-3-5-7-18)14-22(26)24(23)29-17-19-8-10-21(25)11-9-19/h6,8-11,14-15,27H,2-5,7,12-13,16-17H2,1H3. The van der Waals surface area contributed by atoms with Crippen LogP contribution < -0.4 is 14.8 Å². The number of allylic oxidation sites excluding steroid dienone is 1. The molecular weight excluding hydrogens is 405 g/mol. The topological polar surface area (TPSA) is 30.5 Å². The van der Waals surface area contributed by atoms with Gasteiger partial charge in [0.2, 0.25) is 0 Å². The van der Waals surface area contributed by atoms with Crippen LogP contribution in [0.15, 0.2) is 48.0 Å². The predicted octanol–water partition coefficient (Wildman–Crippen LogP) is 6.95. The van der Waals surface area contributed by atoms with Crippen molar-refractivity contribution in [3.8, 4) is 11.5 Å². The fourth-order valence-electron chi connectivity index (χ4n) is 3.48. The Morgan fingerprint density at radius 3 is 2.55 bits per heavy atom. The first-order valence-corrected chi connectivity index (χ1v) is 11.1. The zero-order chi connectivity index (χ0) is 20.5. The Balaban J connectivity index is 1.59. The Morgan fingerprint density at radius 2 is 1.83 bits per heavy atom. The molecule has 2 aromatic rings. The fourth-order valence-corrected chi connectivity index (χ4v) is 3.89. The van der Waals surface area contributed by atoms with E-state index < -0.39 is 0 Å². The van der Waals surface area contributed by atoms with Crippen LogP contribution in [0, 0.1) is 0 Å². The molecule has 1 N–H and O–H groups in total. The van der Waals surface area contributed by atoms with E-state index in [0.717, 1.165) is 30.6 Å². The molecule has 0 heterocycles. The number of hydrogen-bond acceptors (Lipinski definition) is 3. The molecule has 2 aromatic carbocycles. The monoisotopic (exact) mass is 433 g/mol. The number of rotatable bonds is 10. The molecule has 0 bridgehead atoms. The summed E-state index contributed by atoms with van der Waals surface area (Å²) in [6.45, 7) is 4.65. The maximum atomic E-state index is 6.53. The summed E-state index contributed by atoms with van der Waals surface area (Å²) < 4.78 is 11.8. The Labute approximate surface area is 184 Å². The molecule has 0 aromatic heterocycles. The summed E-state index contributed by atoms with van der Waals surface area (Å²) in [5.74, 6) is 1.26. The van der Waals surface area contributed by atoms with Crippen LogP contribution in [0.5, 0.6) is 11.5 Å². The third kappa shape index (κ3) is 6.95. The normalized spacial score (nSPS) is 13.8. The van der Waals surface area contributed by atoms with E-state index in [0.29, 0.717) is 34.8 Å². The van der Waals surface area contributed by atoms with Gasteiger partial charge in [-0.15, -0.1) is 0 Å². The molecule has 0 saturated carbocycles. The molecule has 29 heavy (non-hydrogen) atoms. The minimum Gasteiger partial charge on any atom is -0.490 e. The zero-order valence-corrected chi connectivity index (χ0v) is 18.5. The first-order chi connectivity index (χ1) is 14.2. The van der Waals surface area contributed by atoms with Crippen molar-refractivity contribution in [2.75, 3.05) is 13.2 Å². The van der Waals surface area contributed by atoms with Gasteiger partial charge in [0.1, 0.15) is 6.61 Å². The van der Waals surface area contributed by atoms with Crippen molar-refractivity contribution < 1.29 is 9.47 Å². The summed E-state index contributed by atoms with van der Waals surface area (Å²) >= 11 is 12.5. The van der Waals surface area contributed by atoms with Gasteiger partial charge in [-0.2, -0.15) is 0 Å². The van der Waals surface area contributed by atoms with Crippen LogP contribution in [0.1, 0.15) is 50.2 Å². The van der Waals surface area contributed by atoms with Crippen LogP contribution in [0.2, 0.25) is 10.0 Å². The largest absolute Gasteiger partial charge is 0.490 e. The molecule has 0 atom stereocenters. The molecule has 1 aliphatic rings. The Kier molecular flexibility index (Phi) is 8.72. The van der Waals surface area contributed by atoms with Crippen LogP contribution in [0.3, 0.4) is 0 Å². The van der Waals surface area contributed by atoms with Crippen molar-refractivity contribution in [3.63, 3.8) is 0 Å². The summed E-state index contributed by atoms with van der Waals surface area (Å²) in [5, 5.41) is 4.79. The summed E-state index contributed by atoms with van der Waals surface area (Å²) in [4.78, 5) is 0. The molecule has 1 aliphatic carbocycles. The van der Waals surface area contributed by atoms with Gasteiger partial charge in [-0.25, -0.2) is 0 Å². The van der Waals surface area contributed by atoms with Gasteiger partial charge >= 0.3 is 0 Å². The minimum atomic E-state index is 0.406. The third-order valence-corrected chi connectivity index (χ3v) is 5.54. The molecule has 0 radical (unpaired) electrons. The van der Waals surface area contributed by atoms with E-state index in [1.54, 1.807) is 5.57 Å². The molecule has 0 spiro atoms. The van der Waals surface area contributed by atoms with Crippen molar-refractivity contribution in [1.82, 2.24) is 5.32 Å². The highest BCUT2D eigenvalue weighted by atomic mass is 35.5. The van der Waals surface area contributed by atoms with Gasteiger partial charge < -0.3 is 14.8 Å². The van der Waals surface area contributed by atoms with Crippen molar-refractivity contribution in [2.24, 2.45) is 0 Å². The highest BCUT2D eigenvalue weighted by Gasteiger charge is 2.13. The smallest absolute Gasteiger partial charge is 0.180 e. The molecule has 5 heteroatoms. The van der Waals surface area contributed by atoms with Crippen LogP contribution in [-0.2, 0) is 13.2 Å². The van der Waals surface area contributed by atoms with Gasteiger partial charge in [0.25, 0.3) is 0 Å². The number of hydrogen-bond donors (Lipinski definition) is 1. The van der Waals surface area contributed by atoms with E-state index in [9.17, 15) is 0 Å². The maximum Gasteiger partial charge on any atom is 0.180 e. The number of benzene rings is 2. The van der Waals surface area contributed by atoms with Crippen LogP contribution in [-0.4, -0.2) is 13.2 Å². The Bertz CT molecular complexity index is 818. The van der Waals surface area contributed by atoms with Gasteiger partial charge in [-0.05, 0) is 81.0 Å². The van der Waals surface area contributed by atoms with Gasteiger partial charge in [-0.3, -0.25) is 0 Å². The number of ether oxygens (including phenoxy) is 2. The van der Waals surface area contributed by atoms with E-state index in [1.807, 2.05) is 43.3 Å². The molecule has 0 saturated heterocycles. The highest BCUT2D eigenvalue weighted by molar-refractivity contribution is 6.32. The summed E-state index contributed by atoms with van der Waals surface area (Å²) in [6.07, 6.45) is 8.68. The van der Waals surface area contributed by atoms with E-state index in [-0.39, 0.29) is 0 Å². The lowest BCUT2D eigenvalue weighted by atomic mass is 9.97. The second kappa shape index (κ2) is 11.5. The predicted molar refractivity (Wildman–Crippen MR) is 121 cm³/mol. The molecule has 0 aliphatic heterocycles. The second-order valence-electron chi connectivity index (χ2n) is 7.29. The molecular formula is C24H29Cl2NO2. The van der Waals surface area contributed by atoms with Crippen molar-refractivity contribution in [2.45, 2.75) is 52.2 Å². The molecule has 3 nitrogen and oxygen atoms in total. The lowest BCUT2D eigenvalue weighted by Gasteiger charge is -2.16. The average Bonchev–Trinajstić information content (AvgIpc) is 2.73. The van der Waals surface area contributed by atoms with E-state index >= 15 is 0 Å². The SMILES string of the molecule is CCOc1cc(CNCCC2=CCCCC2)cc(Cl)c1OCc1ccc(Cl)cc1. The van der Waals surface area contributed by atoms with Gasteiger partial charge in [0.15, 0.2) is 11.5 Å². The molecule has 0 unspecified atom stereocenters. The molecule has 156 valence electrons. The first kappa shape index (κ1) is 22.0. The molecule has 0 amide bonds.